The van der Waals surface area contributed by atoms with Crippen LogP contribution in [0.25, 0.3) is 0 Å². The zero-order valence-corrected chi connectivity index (χ0v) is 16.6. The van der Waals surface area contributed by atoms with Crippen LogP contribution in [-0.2, 0) is 21.1 Å². The standard InChI is InChI=1S/C17H22N2O5S2/c1-11(20)18-17-19(13-9-26(21,22)10-16(13)25-17)7-6-12-4-5-14(23-2)15(8-12)24-3/h4-5,8,13,16H,6-7,9-10H2,1-3H3/t13-,16-/m1/s1. The molecule has 1 amide bonds. The van der Waals surface area contributed by atoms with E-state index in [0.717, 1.165) is 5.56 Å². The van der Waals surface area contributed by atoms with E-state index in [-0.39, 0.29) is 28.7 Å². The Balaban J connectivity index is 1.78. The SMILES string of the molecule is COc1ccc(CCN2C(=NC(C)=O)S[C@@H]3CS(=O)(=O)C[C@H]32)cc1OC. The van der Waals surface area contributed by atoms with Gasteiger partial charge in [-0.3, -0.25) is 4.79 Å². The average Bonchev–Trinajstić information content (AvgIpc) is 3.03. The molecule has 0 unspecified atom stereocenters. The van der Waals surface area contributed by atoms with E-state index in [1.54, 1.807) is 14.2 Å². The first-order valence-corrected chi connectivity index (χ1v) is 11.0. The van der Waals surface area contributed by atoms with Crippen molar-refractivity contribution in [3.05, 3.63) is 23.8 Å². The van der Waals surface area contributed by atoms with Gasteiger partial charge in [-0.2, -0.15) is 4.99 Å². The molecule has 0 saturated carbocycles. The third-order valence-corrected chi connectivity index (χ3v) is 7.76. The van der Waals surface area contributed by atoms with E-state index in [1.165, 1.54) is 18.7 Å². The largest absolute Gasteiger partial charge is 0.493 e. The summed E-state index contributed by atoms with van der Waals surface area (Å²) in [4.78, 5) is 17.5. The van der Waals surface area contributed by atoms with Gasteiger partial charge in [0.25, 0.3) is 0 Å². The summed E-state index contributed by atoms with van der Waals surface area (Å²) in [6, 6.07) is 5.59. The molecule has 2 fully saturated rings. The molecule has 7 nitrogen and oxygen atoms in total. The number of aliphatic imine (C=N–C) groups is 1. The highest BCUT2D eigenvalue weighted by molar-refractivity contribution is 8.15. The van der Waals surface area contributed by atoms with E-state index in [1.807, 2.05) is 23.1 Å². The van der Waals surface area contributed by atoms with Gasteiger partial charge in [0.2, 0.25) is 5.91 Å². The first kappa shape index (κ1) is 19.0. The predicted molar refractivity (Wildman–Crippen MR) is 102 cm³/mol. The summed E-state index contributed by atoms with van der Waals surface area (Å²) in [6.45, 7) is 2.00. The molecule has 1 aromatic carbocycles. The van der Waals surface area contributed by atoms with E-state index in [4.69, 9.17) is 9.47 Å². The van der Waals surface area contributed by atoms with E-state index in [0.29, 0.717) is 29.6 Å². The molecule has 2 aliphatic rings. The number of carbonyl (C=O) groups is 1. The molecule has 142 valence electrons. The van der Waals surface area contributed by atoms with Crippen LogP contribution in [0.2, 0.25) is 0 Å². The summed E-state index contributed by atoms with van der Waals surface area (Å²) >= 11 is 1.40. The summed E-state index contributed by atoms with van der Waals surface area (Å²) in [5.74, 6) is 1.31. The Labute approximate surface area is 157 Å². The maximum atomic E-state index is 12.0. The fraction of sp³-hybridized carbons (Fsp3) is 0.529. The first-order chi connectivity index (χ1) is 12.3. The lowest BCUT2D eigenvalue weighted by Gasteiger charge is -2.24. The van der Waals surface area contributed by atoms with Crippen molar-refractivity contribution in [3.8, 4) is 11.5 Å². The van der Waals surface area contributed by atoms with Crippen molar-refractivity contribution in [1.82, 2.24) is 4.90 Å². The van der Waals surface area contributed by atoms with Gasteiger partial charge in [0.15, 0.2) is 26.5 Å². The van der Waals surface area contributed by atoms with Crippen LogP contribution in [-0.4, -0.2) is 68.0 Å². The molecular formula is C17H22N2O5S2. The number of hydrogen-bond donors (Lipinski definition) is 0. The number of hydrogen-bond acceptors (Lipinski definition) is 6. The van der Waals surface area contributed by atoms with E-state index in [9.17, 15) is 13.2 Å². The normalized spacial score (nSPS) is 25.3. The first-order valence-electron chi connectivity index (χ1n) is 8.27. The Morgan fingerprint density at radius 1 is 1.27 bits per heavy atom. The predicted octanol–water partition coefficient (Wildman–Crippen LogP) is 1.36. The fourth-order valence-corrected chi connectivity index (χ4v) is 7.34. The van der Waals surface area contributed by atoms with Crippen molar-refractivity contribution in [3.63, 3.8) is 0 Å². The number of rotatable bonds is 5. The molecule has 9 heteroatoms. The van der Waals surface area contributed by atoms with Gasteiger partial charge in [-0.15, -0.1) is 0 Å². The lowest BCUT2D eigenvalue weighted by Crippen LogP contribution is -2.39. The minimum atomic E-state index is -3.03. The molecule has 0 spiro atoms. The van der Waals surface area contributed by atoms with Crippen LogP contribution in [0.1, 0.15) is 12.5 Å². The zero-order chi connectivity index (χ0) is 18.9. The van der Waals surface area contributed by atoms with Crippen LogP contribution in [0.15, 0.2) is 23.2 Å². The second-order valence-electron chi connectivity index (χ2n) is 6.35. The highest BCUT2D eigenvalue weighted by Gasteiger charge is 2.48. The number of ether oxygens (including phenoxy) is 2. The molecule has 0 N–H and O–H groups in total. The number of nitrogens with zero attached hydrogens (tertiary/aromatic N) is 2. The number of amides is 1. The minimum absolute atomic E-state index is 0.0523. The molecule has 0 bridgehead atoms. The maximum absolute atomic E-state index is 12.0. The third-order valence-electron chi connectivity index (χ3n) is 4.52. The number of methoxy groups -OCH3 is 2. The Morgan fingerprint density at radius 2 is 2.00 bits per heavy atom. The molecule has 0 aromatic heterocycles. The average molecular weight is 399 g/mol. The van der Waals surface area contributed by atoms with Crippen LogP contribution in [0.5, 0.6) is 11.5 Å². The third kappa shape index (κ3) is 3.98. The minimum Gasteiger partial charge on any atom is -0.493 e. The Bertz CT molecular complexity index is 838. The van der Waals surface area contributed by atoms with Crippen molar-refractivity contribution in [1.29, 1.82) is 0 Å². The van der Waals surface area contributed by atoms with Crippen molar-refractivity contribution >= 4 is 32.7 Å². The summed E-state index contributed by atoms with van der Waals surface area (Å²) in [7, 11) is 0.143. The highest BCUT2D eigenvalue weighted by atomic mass is 32.2. The number of benzene rings is 1. The monoisotopic (exact) mass is 398 g/mol. The number of amidine groups is 1. The lowest BCUT2D eigenvalue weighted by molar-refractivity contribution is -0.115. The molecule has 0 aliphatic carbocycles. The highest BCUT2D eigenvalue weighted by Crippen LogP contribution is 2.38. The van der Waals surface area contributed by atoms with E-state index in [2.05, 4.69) is 4.99 Å². The van der Waals surface area contributed by atoms with Gasteiger partial charge in [-0.05, 0) is 24.1 Å². The molecule has 26 heavy (non-hydrogen) atoms. The molecule has 0 radical (unpaired) electrons. The van der Waals surface area contributed by atoms with Crippen molar-refractivity contribution in [2.45, 2.75) is 24.6 Å². The Morgan fingerprint density at radius 3 is 2.65 bits per heavy atom. The van der Waals surface area contributed by atoms with Gasteiger partial charge >= 0.3 is 0 Å². The van der Waals surface area contributed by atoms with Crippen LogP contribution in [0, 0.1) is 0 Å². The maximum Gasteiger partial charge on any atom is 0.244 e. The van der Waals surface area contributed by atoms with E-state index >= 15 is 0 Å². The Hall–Kier alpha value is -1.74. The van der Waals surface area contributed by atoms with Gasteiger partial charge in [-0.25, -0.2) is 8.42 Å². The lowest BCUT2D eigenvalue weighted by atomic mass is 10.1. The second-order valence-corrected chi connectivity index (χ2v) is 9.71. The van der Waals surface area contributed by atoms with Gasteiger partial charge in [0.05, 0.1) is 31.8 Å². The molecule has 1 aromatic rings. The fourth-order valence-electron chi connectivity index (χ4n) is 3.32. The quantitative estimate of drug-likeness (QED) is 0.740. The van der Waals surface area contributed by atoms with Crippen LogP contribution in [0.4, 0.5) is 0 Å². The summed E-state index contributed by atoms with van der Waals surface area (Å²) in [6.07, 6.45) is 0.682. The van der Waals surface area contributed by atoms with Crippen molar-refractivity contribution in [2.75, 3.05) is 32.3 Å². The van der Waals surface area contributed by atoms with Crippen LogP contribution >= 0.6 is 11.8 Å². The smallest absolute Gasteiger partial charge is 0.244 e. The van der Waals surface area contributed by atoms with Gasteiger partial charge in [0, 0.05) is 18.7 Å². The molecule has 3 rings (SSSR count). The topological polar surface area (TPSA) is 85.3 Å². The summed E-state index contributed by atoms with van der Waals surface area (Å²) < 4.78 is 34.5. The Kier molecular flexibility index (Phi) is 5.47. The molecular weight excluding hydrogens is 376 g/mol. The van der Waals surface area contributed by atoms with Crippen LogP contribution in [0.3, 0.4) is 0 Å². The number of thioether (sulfide) groups is 1. The summed E-state index contributed by atoms with van der Waals surface area (Å²) in [5.41, 5.74) is 1.04. The van der Waals surface area contributed by atoms with Crippen molar-refractivity contribution in [2.24, 2.45) is 4.99 Å². The zero-order valence-electron chi connectivity index (χ0n) is 15.0. The molecule has 2 saturated heterocycles. The number of sulfone groups is 1. The van der Waals surface area contributed by atoms with Crippen molar-refractivity contribution < 1.29 is 22.7 Å². The molecule has 2 heterocycles. The molecule has 2 aliphatic heterocycles. The van der Waals surface area contributed by atoms with E-state index < -0.39 is 9.84 Å². The number of carbonyl (C=O) groups excluding carboxylic acids is 1. The molecule has 2 atom stereocenters. The number of fused-ring (bicyclic) bond motifs is 1. The van der Waals surface area contributed by atoms with Crippen LogP contribution < -0.4 is 9.47 Å². The van der Waals surface area contributed by atoms with Gasteiger partial charge < -0.3 is 14.4 Å². The summed E-state index contributed by atoms with van der Waals surface area (Å²) in [5, 5.41) is 0.575. The second kappa shape index (κ2) is 7.48. The van der Waals surface area contributed by atoms with Gasteiger partial charge in [0.1, 0.15) is 0 Å². The van der Waals surface area contributed by atoms with Gasteiger partial charge in [-0.1, -0.05) is 17.8 Å².